The van der Waals surface area contributed by atoms with Gasteiger partial charge in [-0.25, -0.2) is 0 Å². The summed E-state index contributed by atoms with van der Waals surface area (Å²) in [5.74, 6) is -0.635. The fourth-order valence-electron chi connectivity index (χ4n) is 2.75. The van der Waals surface area contributed by atoms with E-state index < -0.39 is 5.41 Å². The van der Waals surface area contributed by atoms with Crippen molar-refractivity contribution in [2.24, 2.45) is 5.41 Å². The number of amides is 3. The Morgan fingerprint density at radius 1 is 1.45 bits per heavy atom. The lowest BCUT2D eigenvalue weighted by Gasteiger charge is -2.20. The topological polar surface area (TPSA) is 66.5 Å². The largest absolute Gasteiger partial charge is 0.338 e. The van der Waals surface area contributed by atoms with Crippen molar-refractivity contribution in [1.29, 1.82) is 0 Å². The Bertz CT molecular complexity index is 533. The molecule has 1 atom stereocenters. The zero-order chi connectivity index (χ0) is 14.8. The third kappa shape index (κ3) is 2.43. The van der Waals surface area contributed by atoms with E-state index in [1.165, 1.54) is 0 Å². The monoisotopic (exact) mass is 274 g/mol. The van der Waals surface area contributed by atoms with Crippen LogP contribution in [0.25, 0.3) is 0 Å². The number of nitrogens with zero attached hydrogens (tertiary/aromatic N) is 1. The molecule has 2 rings (SSSR count). The van der Waals surface area contributed by atoms with E-state index >= 15 is 0 Å². The molecule has 5 nitrogen and oxygen atoms in total. The quantitative estimate of drug-likeness (QED) is 0.473. The van der Waals surface area contributed by atoms with Gasteiger partial charge in [0.25, 0.3) is 5.91 Å². The highest BCUT2D eigenvalue weighted by Gasteiger charge is 2.51. The predicted molar refractivity (Wildman–Crippen MR) is 74.5 cm³/mol. The fourth-order valence-corrected chi connectivity index (χ4v) is 2.75. The van der Waals surface area contributed by atoms with Gasteiger partial charge >= 0.3 is 0 Å². The minimum Gasteiger partial charge on any atom is -0.338 e. The summed E-state index contributed by atoms with van der Waals surface area (Å²) in [7, 11) is 0. The maximum atomic E-state index is 12.4. The van der Waals surface area contributed by atoms with Crippen LogP contribution in [0.15, 0.2) is 36.5 Å². The van der Waals surface area contributed by atoms with Crippen LogP contribution in [0.3, 0.4) is 0 Å². The lowest BCUT2D eigenvalue weighted by Crippen LogP contribution is -2.37. The molecule has 2 aliphatic heterocycles. The number of hydrogen-bond acceptors (Lipinski definition) is 3. The first-order valence-electron chi connectivity index (χ1n) is 6.61. The van der Waals surface area contributed by atoms with Crippen molar-refractivity contribution >= 4 is 17.7 Å². The summed E-state index contributed by atoms with van der Waals surface area (Å²) in [5.41, 5.74) is -0.189. The number of imide groups is 1. The number of allylic oxidation sites excluding steroid dienone is 3. The molecule has 2 aliphatic rings. The summed E-state index contributed by atoms with van der Waals surface area (Å²) >= 11 is 0. The molecule has 2 saturated heterocycles. The van der Waals surface area contributed by atoms with Crippen molar-refractivity contribution < 1.29 is 14.4 Å². The highest BCUT2D eigenvalue weighted by atomic mass is 16.2. The summed E-state index contributed by atoms with van der Waals surface area (Å²) in [6, 6.07) is 0. The molecule has 0 aromatic heterocycles. The van der Waals surface area contributed by atoms with Gasteiger partial charge in [0.15, 0.2) is 0 Å². The molecule has 0 radical (unpaired) electrons. The third-order valence-corrected chi connectivity index (χ3v) is 3.77. The zero-order valence-electron chi connectivity index (χ0n) is 11.5. The molecular formula is C15H18N2O3. The van der Waals surface area contributed by atoms with Gasteiger partial charge in [0.05, 0.1) is 5.41 Å². The first kappa shape index (κ1) is 14.2. The lowest BCUT2D eigenvalue weighted by molar-refractivity contribution is -0.129. The Morgan fingerprint density at radius 3 is 2.75 bits per heavy atom. The van der Waals surface area contributed by atoms with Crippen LogP contribution in [0, 0.1) is 5.41 Å². The summed E-state index contributed by atoms with van der Waals surface area (Å²) in [5, 5.41) is 2.33. The molecule has 3 amide bonds. The van der Waals surface area contributed by atoms with E-state index in [1.54, 1.807) is 29.2 Å². The van der Waals surface area contributed by atoms with Crippen molar-refractivity contribution in [3.8, 4) is 0 Å². The number of hydrogen-bond donors (Lipinski definition) is 1. The van der Waals surface area contributed by atoms with Gasteiger partial charge in [-0.15, -0.1) is 0 Å². The predicted octanol–water partition coefficient (Wildman–Crippen LogP) is 0.940. The fraction of sp³-hybridized carbons (Fsp3) is 0.400. The number of carbonyl (C=O) groups is 3. The van der Waals surface area contributed by atoms with Crippen LogP contribution in [0.4, 0.5) is 0 Å². The van der Waals surface area contributed by atoms with Gasteiger partial charge in [0.1, 0.15) is 0 Å². The van der Waals surface area contributed by atoms with E-state index in [9.17, 15) is 14.4 Å². The second-order valence-electron chi connectivity index (χ2n) is 5.17. The summed E-state index contributed by atoms with van der Waals surface area (Å²) < 4.78 is 0. The van der Waals surface area contributed by atoms with E-state index in [-0.39, 0.29) is 24.1 Å². The van der Waals surface area contributed by atoms with Gasteiger partial charge in [0.2, 0.25) is 11.8 Å². The standard InChI is InChI=1S/C15H18N2O3/c1-3-5-11(6-4-2)13(19)17-8-7-15(10-17)9-12(18)16-14(15)20/h3-6H,1,7-10H2,2H3,(H,16,18,20)/b6-4-,11-5+. The van der Waals surface area contributed by atoms with Gasteiger partial charge in [-0.2, -0.15) is 0 Å². The number of carbonyl (C=O) groups excluding carboxylic acids is 3. The molecule has 0 aromatic rings. The molecule has 1 N–H and O–H groups in total. The highest BCUT2D eigenvalue weighted by Crippen LogP contribution is 2.38. The highest BCUT2D eigenvalue weighted by molar-refractivity contribution is 6.07. The second kappa shape index (κ2) is 5.45. The molecule has 5 heteroatoms. The summed E-state index contributed by atoms with van der Waals surface area (Å²) in [6.45, 7) is 6.22. The second-order valence-corrected chi connectivity index (χ2v) is 5.17. The average molecular weight is 274 g/mol. The molecule has 0 bridgehead atoms. The van der Waals surface area contributed by atoms with E-state index in [4.69, 9.17) is 0 Å². The Hall–Kier alpha value is -2.17. The van der Waals surface area contributed by atoms with E-state index in [1.807, 2.05) is 6.92 Å². The maximum absolute atomic E-state index is 12.4. The van der Waals surface area contributed by atoms with Crippen LogP contribution in [0.2, 0.25) is 0 Å². The first-order valence-corrected chi connectivity index (χ1v) is 6.61. The van der Waals surface area contributed by atoms with Crippen molar-refractivity contribution in [2.45, 2.75) is 19.8 Å². The molecular weight excluding hydrogens is 256 g/mol. The van der Waals surface area contributed by atoms with Crippen LogP contribution >= 0.6 is 0 Å². The van der Waals surface area contributed by atoms with Crippen molar-refractivity contribution in [1.82, 2.24) is 10.2 Å². The van der Waals surface area contributed by atoms with E-state index in [0.717, 1.165) is 0 Å². The number of rotatable bonds is 3. The minimum absolute atomic E-state index is 0.132. The normalized spacial score (nSPS) is 26.6. The molecule has 0 aliphatic carbocycles. The van der Waals surface area contributed by atoms with Crippen LogP contribution in [-0.4, -0.2) is 35.7 Å². The maximum Gasteiger partial charge on any atom is 0.253 e. The van der Waals surface area contributed by atoms with Gasteiger partial charge < -0.3 is 4.90 Å². The van der Waals surface area contributed by atoms with Gasteiger partial charge in [0, 0.05) is 25.1 Å². The van der Waals surface area contributed by atoms with E-state index in [0.29, 0.717) is 25.1 Å². The molecule has 106 valence electrons. The molecule has 2 fully saturated rings. The zero-order valence-corrected chi connectivity index (χ0v) is 11.5. The summed E-state index contributed by atoms with van der Waals surface area (Å²) in [4.78, 5) is 37.3. The van der Waals surface area contributed by atoms with Crippen LogP contribution in [-0.2, 0) is 14.4 Å². The summed E-state index contributed by atoms with van der Waals surface area (Å²) in [6.07, 6.45) is 7.42. The Kier molecular flexibility index (Phi) is 3.88. The first-order chi connectivity index (χ1) is 9.52. The Balaban J connectivity index is 2.15. The van der Waals surface area contributed by atoms with Crippen LogP contribution in [0.5, 0.6) is 0 Å². The molecule has 2 heterocycles. The molecule has 1 spiro atoms. The number of nitrogens with one attached hydrogen (secondary N) is 1. The third-order valence-electron chi connectivity index (χ3n) is 3.77. The van der Waals surface area contributed by atoms with Gasteiger partial charge in [-0.05, 0) is 13.3 Å². The lowest BCUT2D eigenvalue weighted by atomic mass is 9.85. The van der Waals surface area contributed by atoms with E-state index in [2.05, 4.69) is 11.9 Å². The number of likely N-dealkylation sites (tertiary alicyclic amines) is 1. The molecule has 20 heavy (non-hydrogen) atoms. The van der Waals surface area contributed by atoms with Crippen molar-refractivity contribution in [2.75, 3.05) is 13.1 Å². The van der Waals surface area contributed by atoms with Crippen molar-refractivity contribution in [3.05, 3.63) is 36.5 Å². The van der Waals surface area contributed by atoms with Crippen molar-refractivity contribution in [3.63, 3.8) is 0 Å². The van der Waals surface area contributed by atoms with Crippen LogP contribution in [0.1, 0.15) is 19.8 Å². The average Bonchev–Trinajstić information content (AvgIpc) is 2.94. The Morgan fingerprint density at radius 2 is 2.20 bits per heavy atom. The van der Waals surface area contributed by atoms with Gasteiger partial charge in [-0.1, -0.05) is 30.9 Å². The molecule has 0 saturated carbocycles. The molecule has 1 unspecified atom stereocenters. The van der Waals surface area contributed by atoms with Crippen LogP contribution < -0.4 is 5.32 Å². The minimum atomic E-state index is -0.720. The Labute approximate surface area is 118 Å². The molecule has 0 aromatic carbocycles. The smallest absolute Gasteiger partial charge is 0.253 e. The van der Waals surface area contributed by atoms with Gasteiger partial charge in [-0.3, -0.25) is 19.7 Å². The SMILES string of the molecule is C=C/C=C(\C=C/C)C(=O)N1CCC2(CC(=O)NC2=O)C1.